The van der Waals surface area contributed by atoms with Crippen LogP contribution in [0.5, 0.6) is 0 Å². The van der Waals surface area contributed by atoms with Gasteiger partial charge in [-0.15, -0.1) is 11.3 Å². The molecular formula is C26H27FN4O2S. The van der Waals surface area contributed by atoms with Crippen LogP contribution in [-0.4, -0.2) is 39.6 Å². The van der Waals surface area contributed by atoms with Gasteiger partial charge in [0.05, 0.1) is 17.1 Å². The summed E-state index contributed by atoms with van der Waals surface area (Å²) < 4.78 is 15.1. The normalized spacial score (nSPS) is 11.1. The summed E-state index contributed by atoms with van der Waals surface area (Å²) in [5.41, 5.74) is 3.46. The number of amides is 2. The lowest BCUT2D eigenvalue weighted by Crippen LogP contribution is -2.38. The van der Waals surface area contributed by atoms with Gasteiger partial charge < -0.3 is 10.2 Å². The predicted octanol–water partition coefficient (Wildman–Crippen LogP) is 5.39. The smallest absolute Gasteiger partial charge is 0.264 e. The van der Waals surface area contributed by atoms with Crippen molar-refractivity contribution < 1.29 is 14.0 Å². The van der Waals surface area contributed by atoms with Crippen molar-refractivity contribution in [3.8, 4) is 0 Å². The Labute approximate surface area is 202 Å². The Hall–Kier alpha value is -3.52. The maximum atomic E-state index is 13.4. The number of benzene rings is 2. The van der Waals surface area contributed by atoms with Crippen LogP contribution in [0.2, 0.25) is 0 Å². The van der Waals surface area contributed by atoms with E-state index in [0.29, 0.717) is 18.0 Å². The third kappa shape index (κ3) is 5.17. The molecule has 2 heterocycles. The van der Waals surface area contributed by atoms with Crippen LogP contribution < -0.4 is 5.32 Å². The van der Waals surface area contributed by atoms with Crippen LogP contribution >= 0.6 is 11.3 Å². The second-order valence-corrected chi connectivity index (χ2v) is 9.32. The van der Waals surface area contributed by atoms with E-state index in [4.69, 9.17) is 0 Å². The highest BCUT2D eigenvalue weighted by Gasteiger charge is 2.23. The molecule has 0 aliphatic rings. The molecule has 0 atom stereocenters. The average molecular weight is 479 g/mol. The summed E-state index contributed by atoms with van der Waals surface area (Å²) >= 11 is 1.37. The Kier molecular flexibility index (Phi) is 7.07. The van der Waals surface area contributed by atoms with E-state index in [-0.39, 0.29) is 24.2 Å². The van der Waals surface area contributed by atoms with Gasteiger partial charge in [-0.3, -0.25) is 14.3 Å². The Morgan fingerprint density at radius 3 is 2.56 bits per heavy atom. The van der Waals surface area contributed by atoms with Crippen LogP contribution in [0.4, 0.5) is 10.1 Å². The van der Waals surface area contributed by atoms with E-state index in [1.54, 1.807) is 17.0 Å². The predicted molar refractivity (Wildman–Crippen MR) is 134 cm³/mol. The number of carbonyl (C=O) groups excluding carboxylic acids is 2. The maximum Gasteiger partial charge on any atom is 0.264 e. The van der Waals surface area contributed by atoms with Crippen LogP contribution in [0.1, 0.15) is 39.8 Å². The highest BCUT2D eigenvalue weighted by molar-refractivity contribution is 7.20. The molecule has 34 heavy (non-hydrogen) atoms. The molecule has 0 spiro atoms. The van der Waals surface area contributed by atoms with E-state index >= 15 is 0 Å². The number of rotatable bonds is 8. The number of fused-ring (bicyclic) bond motifs is 1. The van der Waals surface area contributed by atoms with Crippen molar-refractivity contribution in [3.05, 3.63) is 82.1 Å². The molecule has 0 aliphatic heterocycles. The average Bonchev–Trinajstić information content (AvgIpc) is 3.37. The minimum atomic E-state index is -0.281. The number of nitrogens with zero attached hydrogens (tertiary/aromatic N) is 3. The van der Waals surface area contributed by atoms with Gasteiger partial charge in [0.25, 0.3) is 5.91 Å². The molecule has 2 aromatic carbocycles. The lowest BCUT2D eigenvalue weighted by Gasteiger charge is -2.21. The van der Waals surface area contributed by atoms with Crippen LogP contribution in [0.15, 0.2) is 54.6 Å². The fourth-order valence-corrected chi connectivity index (χ4v) is 4.97. The minimum absolute atomic E-state index is 0.0179. The Balaban J connectivity index is 1.54. The summed E-state index contributed by atoms with van der Waals surface area (Å²) in [4.78, 5) is 29.1. The van der Waals surface area contributed by atoms with Crippen molar-refractivity contribution >= 4 is 39.1 Å². The zero-order chi connectivity index (χ0) is 24.2. The standard InChI is InChI=1S/C26H27FN4O2S/c1-4-13-30(16-24(32)28-22-8-6-5-7-17(22)2)25(33)23-14-21-18(3)29-31(26(21)34-23)15-19-9-11-20(27)12-10-19/h5-12,14H,4,13,15-16H2,1-3H3,(H,28,32). The molecule has 1 N–H and O–H groups in total. The second-order valence-electron chi connectivity index (χ2n) is 8.29. The molecule has 8 heteroatoms. The number of carbonyl (C=O) groups is 2. The number of nitrogens with one attached hydrogen (secondary N) is 1. The van der Waals surface area contributed by atoms with Crippen LogP contribution in [0.25, 0.3) is 10.2 Å². The van der Waals surface area contributed by atoms with E-state index in [0.717, 1.165) is 39.1 Å². The van der Waals surface area contributed by atoms with E-state index in [9.17, 15) is 14.0 Å². The van der Waals surface area contributed by atoms with Crippen molar-refractivity contribution in [3.63, 3.8) is 0 Å². The van der Waals surface area contributed by atoms with Gasteiger partial charge in [0.15, 0.2) is 0 Å². The number of hydrogen-bond donors (Lipinski definition) is 1. The first-order chi connectivity index (χ1) is 16.4. The van der Waals surface area contributed by atoms with Crippen LogP contribution in [-0.2, 0) is 11.3 Å². The minimum Gasteiger partial charge on any atom is -0.329 e. The largest absolute Gasteiger partial charge is 0.329 e. The van der Waals surface area contributed by atoms with Gasteiger partial charge in [-0.05, 0) is 55.7 Å². The van der Waals surface area contributed by atoms with Gasteiger partial charge in [0.2, 0.25) is 5.91 Å². The van der Waals surface area contributed by atoms with Crippen molar-refractivity contribution in [2.75, 3.05) is 18.4 Å². The quantitative estimate of drug-likeness (QED) is 0.369. The molecule has 4 aromatic rings. The molecule has 0 aliphatic carbocycles. The van der Waals surface area contributed by atoms with Crippen molar-refractivity contribution in [1.29, 1.82) is 0 Å². The van der Waals surface area contributed by atoms with Crippen LogP contribution in [0.3, 0.4) is 0 Å². The molecular weight excluding hydrogens is 451 g/mol. The maximum absolute atomic E-state index is 13.4. The summed E-state index contributed by atoms with van der Waals surface area (Å²) in [6, 6.07) is 15.7. The number of thiophene rings is 1. The molecule has 0 bridgehead atoms. The topological polar surface area (TPSA) is 67.2 Å². The number of anilines is 1. The number of aryl methyl sites for hydroxylation is 2. The summed E-state index contributed by atoms with van der Waals surface area (Å²) in [6.07, 6.45) is 0.742. The van der Waals surface area contributed by atoms with E-state index in [1.165, 1.54) is 23.5 Å². The van der Waals surface area contributed by atoms with Gasteiger partial charge in [0.1, 0.15) is 17.2 Å². The summed E-state index contributed by atoms with van der Waals surface area (Å²) in [5.74, 6) is -0.677. The molecule has 6 nitrogen and oxygen atoms in total. The van der Waals surface area contributed by atoms with Crippen molar-refractivity contribution in [2.45, 2.75) is 33.7 Å². The summed E-state index contributed by atoms with van der Waals surface area (Å²) in [7, 11) is 0. The van der Waals surface area contributed by atoms with Gasteiger partial charge in [0, 0.05) is 17.6 Å². The third-order valence-electron chi connectivity index (χ3n) is 5.60. The molecule has 0 fully saturated rings. The molecule has 0 unspecified atom stereocenters. The molecule has 176 valence electrons. The molecule has 2 amide bonds. The lowest BCUT2D eigenvalue weighted by molar-refractivity contribution is -0.116. The molecule has 2 aromatic heterocycles. The Bertz CT molecular complexity index is 1330. The molecule has 0 saturated heterocycles. The first-order valence-corrected chi connectivity index (χ1v) is 12.0. The molecule has 4 rings (SSSR count). The Morgan fingerprint density at radius 1 is 1.12 bits per heavy atom. The number of hydrogen-bond acceptors (Lipinski definition) is 4. The molecule has 0 radical (unpaired) electrons. The fourth-order valence-electron chi connectivity index (χ4n) is 3.84. The van der Waals surface area contributed by atoms with Crippen molar-refractivity contribution in [1.82, 2.24) is 14.7 Å². The SMILES string of the molecule is CCCN(CC(=O)Nc1ccccc1C)C(=O)c1cc2c(C)nn(Cc3ccc(F)cc3)c2s1. The first-order valence-electron chi connectivity index (χ1n) is 11.2. The number of para-hydroxylation sites is 1. The van der Waals surface area contributed by atoms with Gasteiger partial charge in [-0.25, -0.2) is 4.39 Å². The number of aromatic nitrogens is 2. The highest BCUT2D eigenvalue weighted by atomic mass is 32.1. The van der Waals surface area contributed by atoms with Crippen molar-refractivity contribution in [2.24, 2.45) is 0 Å². The summed E-state index contributed by atoms with van der Waals surface area (Å²) in [5, 5.41) is 8.42. The van der Waals surface area contributed by atoms with Gasteiger partial charge >= 0.3 is 0 Å². The van der Waals surface area contributed by atoms with E-state index in [1.807, 2.05) is 55.8 Å². The number of halogens is 1. The lowest BCUT2D eigenvalue weighted by atomic mass is 10.2. The second kappa shape index (κ2) is 10.2. The van der Waals surface area contributed by atoms with Gasteiger partial charge in [-0.2, -0.15) is 5.10 Å². The van der Waals surface area contributed by atoms with Crippen LogP contribution in [0, 0.1) is 19.7 Å². The third-order valence-corrected chi connectivity index (χ3v) is 6.73. The zero-order valence-corrected chi connectivity index (χ0v) is 20.3. The fraction of sp³-hybridized carbons (Fsp3) is 0.269. The summed E-state index contributed by atoms with van der Waals surface area (Å²) in [6.45, 7) is 6.76. The first kappa shape index (κ1) is 23.6. The monoisotopic (exact) mass is 478 g/mol. The Morgan fingerprint density at radius 2 is 1.85 bits per heavy atom. The molecule has 0 saturated carbocycles. The highest BCUT2D eigenvalue weighted by Crippen LogP contribution is 2.30. The van der Waals surface area contributed by atoms with E-state index < -0.39 is 0 Å². The van der Waals surface area contributed by atoms with Gasteiger partial charge in [-0.1, -0.05) is 37.3 Å². The van der Waals surface area contributed by atoms with E-state index in [2.05, 4.69) is 10.4 Å². The zero-order valence-electron chi connectivity index (χ0n) is 19.5.